The van der Waals surface area contributed by atoms with E-state index in [1.54, 1.807) is 12.1 Å². The van der Waals surface area contributed by atoms with Crippen molar-refractivity contribution in [1.82, 2.24) is 4.90 Å². The number of hydrogen-bond donors (Lipinski definition) is 1. The Morgan fingerprint density at radius 1 is 0.952 bits per heavy atom. The Labute approximate surface area is 124 Å². The quantitative estimate of drug-likeness (QED) is 0.861. The first-order valence-corrected chi connectivity index (χ1v) is 7.22. The van der Waals surface area contributed by atoms with Crippen LogP contribution in [0.25, 0.3) is 11.1 Å². The van der Waals surface area contributed by atoms with E-state index >= 15 is 0 Å². The lowest BCUT2D eigenvalue weighted by Gasteiger charge is -2.34. The van der Waals surface area contributed by atoms with Crippen LogP contribution in [0.3, 0.4) is 0 Å². The van der Waals surface area contributed by atoms with Gasteiger partial charge in [0.1, 0.15) is 5.82 Å². The summed E-state index contributed by atoms with van der Waals surface area (Å²) in [5.74, 6) is -0.276. The van der Waals surface area contributed by atoms with Crippen LogP contribution in [0.4, 0.5) is 15.8 Å². The third-order valence-corrected chi connectivity index (χ3v) is 4.04. The van der Waals surface area contributed by atoms with Gasteiger partial charge in [-0.1, -0.05) is 12.1 Å². The molecule has 1 heterocycles. The molecule has 1 aliphatic heterocycles. The van der Waals surface area contributed by atoms with Gasteiger partial charge >= 0.3 is 0 Å². The molecule has 1 fully saturated rings. The zero-order valence-corrected chi connectivity index (χ0v) is 12.2. The number of halogens is 1. The molecule has 0 bridgehead atoms. The minimum Gasteiger partial charge on any atom is -0.399 e. The van der Waals surface area contributed by atoms with Crippen LogP contribution in [0, 0.1) is 5.82 Å². The first-order chi connectivity index (χ1) is 10.1. The number of nitrogens with two attached hydrogens (primary N) is 1. The molecule has 2 aromatic carbocycles. The maximum atomic E-state index is 13.9. The summed E-state index contributed by atoms with van der Waals surface area (Å²) in [4.78, 5) is 4.69. The van der Waals surface area contributed by atoms with Crippen LogP contribution < -0.4 is 10.6 Å². The van der Waals surface area contributed by atoms with E-state index in [9.17, 15) is 4.39 Å². The summed E-state index contributed by atoms with van der Waals surface area (Å²) in [6.07, 6.45) is 0. The molecule has 0 atom stereocenters. The van der Waals surface area contributed by atoms with Crippen molar-refractivity contribution in [3.63, 3.8) is 0 Å². The van der Waals surface area contributed by atoms with Crippen LogP contribution in [-0.4, -0.2) is 38.1 Å². The molecule has 2 aromatic rings. The van der Waals surface area contributed by atoms with E-state index in [-0.39, 0.29) is 5.82 Å². The molecule has 4 heteroatoms. The lowest BCUT2D eigenvalue weighted by Crippen LogP contribution is -2.44. The first kappa shape index (κ1) is 13.9. The smallest absolute Gasteiger partial charge is 0.133 e. The van der Waals surface area contributed by atoms with Gasteiger partial charge in [0.05, 0.1) is 0 Å². The highest BCUT2D eigenvalue weighted by atomic mass is 19.1. The number of benzene rings is 2. The summed E-state index contributed by atoms with van der Waals surface area (Å²) in [6.45, 7) is 4.22. The summed E-state index contributed by atoms with van der Waals surface area (Å²) < 4.78 is 13.9. The second-order valence-corrected chi connectivity index (χ2v) is 5.58. The van der Waals surface area contributed by atoms with Crippen LogP contribution in [0.1, 0.15) is 0 Å². The van der Waals surface area contributed by atoms with Gasteiger partial charge in [0, 0.05) is 43.1 Å². The highest BCUT2D eigenvalue weighted by molar-refractivity contribution is 5.68. The summed E-state index contributed by atoms with van der Waals surface area (Å²) in [7, 11) is 2.14. The van der Waals surface area contributed by atoms with Crippen molar-refractivity contribution < 1.29 is 4.39 Å². The SMILES string of the molecule is CN1CCN(c2ccc(-c3ccc(N)cc3F)cc2)CC1. The fourth-order valence-corrected chi connectivity index (χ4v) is 2.68. The highest BCUT2D eigenvalue weighted by Crippen LogP contribution is 2.27. The first-order valence-electron chi connectivity index (χ1n) is 7.22. The van der Waals surface area contributed by atoms with Crippen molar-refractivity contribution in [2.75, 3.05) is 43.9 Å². The Morgan fingerprint density at radius 2 is 1.62 bits per heavy atom. The fourth-order valence-electron chi connectivity index (χ4n) is 2.68. The highest BCUT2D eigenvalue weighted by Gasteiger charge is 2.14. The van der Waals surface area contributed by atoms with Crippen molar-refractivity contribution in [2.45, 2.75) is 0 Å². The van der Waals surface area contributed by atoms with Gasteiger partial charge in [-0.3, -0.25) is 0 Å². The lowest BCUT2D eigenvalue weighted by molar-refractivity contribution is 0.313. The standard InChI is InChI=1S/C17H20FN3/c1-20-8-10-21(11-9-20)15-5-2-13(3-6-15)16-7-4-14(19)12-17(16)18/h2-7,12H,8-11,19H2,1H3. The number of likely N-dealkylation sites (N-methyl/N-ethyl adjacent to an activating group) is 1. The zero-order chi connectivity index (χ0) is 14.8. The van der Waals surface area contributed by atoms with Gasteiger partial charge < -0.3 is 15.5 Å². The van der Waals surface area contributed by atoms with Crippen molar-refractivity contribution >= 4 is 11.4 Å². The Bertz CT molecular complexity index is 616. The molecule has 3 nitrogen and oxygen atoms in total. The number of rotatable bonds is 2. The largest absolute Gasteiger partial charge is 0.399 e. The number of nitrogen functional groups attached to an aromatic ring is 1. The van der Waals surface area contributed by atoms with E-state index in [0.717, 1.165) is 31.7 Å². The molecule has 3 rings (SSSR count). The molecular formula is C17H20FN3. The van der Waals surface area contributed by atoms with E-state index in [1.165, 1.54) is 11.8 Å². The maximum absolute atomic E-state index is 13.9. The molecule has 1 saturated heterocycles. The van der Waals surface area contributed by atoms with E-state index in [1.807, 2.05) is 12.1 Å². The van der Waals surface area contributed by atoms with Crippen molar-refractivity contribution in [3.8, 4) is 11.1 Å². The van der Waals surface area contributed by atoms with Gasteiger partial charge in [-0.2, -0.15) is 0 Å². The molecule has 0 unspecified atom stereocenters. The summed E-state index contributed by atoms with van der Waals surface area (Å²) in [6, 6.07) is 12.9. The lowest BCUT2D eigenvalue weighted by atomic mass is 10.0. The van der Waals surface area contributed by atoms with E-state index in [4.69, 9.17) is 5.73 Å². The van der Waals surface area contributed by atoms with Crippen molar-refractivity contribution in [1.29, 1.82) is 0 Å². The monoisotopic (exact) mass is 285 g/mol. The number of nitrogens with zero attached hydrogens (tertiary/aromatic N) is 2. The molecule has 0 aliphatic carbocycles. The third kappa shape index (κ3) is 3.00. The summed E-state index contributed by atoms with van der Waals surface area (Å²) >= 11 is 0. The summed E-state index contributed by atoms with van der Waals surface area (Å²) in [5, 5.41) is 0. The maximum Gasteiger partial charge on any atom is 0.133 e. The minimum atomic E-state index is -0.276. The molecule has 1 aliphatic rings. The predicted octanol–water partition coefficient (Wildman–Crippen LogP) is 2.83. The van der Waals surface area contributed by atoms with Crippen LogP contribution >= 0.6 is 0 Å². The van der Waals surface area contributed by atoms with Crippen LogP contribution in [0.5, 0.6) is 0 Å². The average molecular weight is 285 g/mol. The average Bonchev–Trinajstić information content (AvgIpc) is 2.48. The Kier molecular flexibility index (Phi) is 3.80. The molecule has 0 saturated carbocycles. The number of anilines is 2. The number of hydrogen-bond acceptors (Lipinski definition) is 3. The van der Waals surface area contributed by atoms with E-state index in [2.05, 4.69) is 29.0 Å². The second-order valence-electron chi connectivity index (χ2n) is 5.58. The van der Waals surface area contributed by atoms with E-state index in [0.29, 0.717) is 11.3 Å². The minimum absolute atomic E-state index is 0.276. The van der Waals surface area contributed by atoms with Crippen LogP contribution in [0.15, 0.2) is 42.5 Å². The molecule has 0 spiro atoms. The van der Waals surface area contributed by atoms with Crippen molar-refractivity contribution in [2.24, 2.45) is 0 Å². The van der Waals surface area contributed by atoms with Gasteiger partial charge in [-0.25, -0.2) is 4.39 Å². The molecular weight excluding hydrogens is 265 g/mol. The van der Waals surface area contributed by atoms with Gasteiger partial charge in [0.15, 0.2) is 0 Å². The number of piperazine rings is 1. The van der Waals surface area contributed by atoms with E-state index < -0.39 is 0 Å². The molecule has 110 valence electrons. The molecule has 2 N–H and O–H groups in total. The molecule has 0 radical (unpaired) electrons. The Morgan fingerprint density at radius 3 is 2.24 bits per heavy atom. The zero-order valence-electron chi connectivity index (χ0n) is 12.2. The van der Waals surface area contributed by atoms with Gasteiger partial charge in [-0.05, 0) is 42.9 Å². The fraction of sp³-hybridized carbons (Fsp3) is 0.294. The van der Waals surface area contributed by atoms with Gasteiger partial charge in [0.2, 0.25) is 0 Å². The second kappa shape index (κ2) is 5.74. The van der Waals surface area contributed by atoms with Crippen LogP contribution in [-0.2, 0) is 0 Å². The van der Waals surface area contributed by atoms with Gasteiger partial charge in [0.25, 0.3) is 0 Å². The Hall–Kier alpha value is -2.07. The molecule has 21 heavy (non-hydrogen) atoms. The normalized spacial score (nSPS) is 16.2. The van der Waals surface area contributed by atoms with Gasteiger partial charge in [-0.15, -0.1) is 0 Å². The Balaban J connectivity index is 1.80. The predicted molar refractivity (Wildman–Crippen MR) is 86.0 cm³/mol. The van der Waals surface area contributed by atoms with Crippen LogP contribution in [0.2, 0.25) is 0 Å². The summed E-state index contributed by atoms with van der Waals surface area (Å²) in [5.41, 5.74) is 8.71. The topological polar surface area (TPSA) is 32.5 Å². The third-order valence-electron chi connectivity index (χ3n) is 4.04. The van der Waals surface area contributed by atoms with Crippen molar-refractivity contribution in [3.05, 3.63) is 48.3 Å². The molecule has 0 aromatic heterocycles. The molecule has 0 amide bonds.